The lowest BCUT2D eigenvalue weighted by atomic mass is 9.95. The largest absolute Gasteiger partial charge is 0.274 e. The Morgan fingerprint density at radius 2 is 1.49 bits per heavy atom. The number of benzene rings is 3. The van der Waals surface area contributed by atoms with Gasteiger partial charge in [0, 0.05) is 23.2 Å². The molecule has 0 atom stereocenters. The first-order valence-electron chi connectivity index (χ1n) is 12.1. The van der Waals surface area contributed by atoms with Crippen molar-refractivity contribution < 1.29 is 0 Å². The summed E-state index contributed by atoms with van der Waals surface area (Å²) in [6.45, 7) is 0. The Balaban J connectivity index is 1.42. The highest BCUT2D eigenvalue weighted by molar-refractivity contribution is 6.16. The van der Waals surface area contributed by atoms with Crippen LogP contribution in [0.2, 0.25) is 0 Å². The maximum atomic E-state index is 5.03. The molecule has 4 nitrogen and oxygen atoms in total. The second-order valence-corrected chi connectivity index (χ2v) is 9.64. The standard InChI is InChI=1S/C31H18N4/c1-2-6-19-17(5-1)15-18-9-10-20-21-11-12-22-28(24(21)16-23(20)27(18)19)29-26(8-4-13-32-29)35-30(22)34-25-7-3-14-33-31(25)35/h1-14H,15-16H2. The highest BCUT2D eigenvalue weighted by atomic mass is 15.1. The number of imidazole rings is 1. The van der Waals surface area contributed by atoms with Crippen LogP contribution in [-0.4, -0.2) is 19.4 Å². The van der Waals surface area contributed by atoms with E-state index < -0.39 is 0 Å². The highest BCUT2D eigenvalue weighted by Gasteiger charge is 2.30. The first-order valence-corrected chi connectivity index (χ1v) is 12.1. The van der Waals surface area contributed by atoms with E-state index in [1.807, 2.05) is 30.6 Å². The van der Waals surface area contributed by atoms with Gasteiger partial charge in [-0.25, -0.2) is 9.97 Å². The molecule has 4 heterocycles. The molecule has 0 spiro atoms. The number of rotatable bonds is 0. The fourth-order valence-electron chi connectivity index (χ4n) is 6.55. The fourth-order valence-corrected chi connectivity index (χ4v) is 6.55. The van der Waals surface area contributed by atoms with E-state index in [1.165, 1.54) is 49.9 Å². The molecule has 0 amide bonds. The predicted molar refractivity (Wildman–Crippen MR) is 140 cm³/mol. The summed E-state index contributed by atoms with van der Waals surface area (Å²) in [6.07, 6.45) is 5.67. The number of hydrogen-bond donors (Lipinski definition) is 0. The normalized spacial score (nSPS) is 13.5. The van der Waals surface area contributed by atoms with E-state index in [0.717, 1.165) is 46.1 Å². The molecular formula is C31H18N4. The maximum absolute atomic E-state index is 5.03. The summed E-state index contributed by atoms with van der Waals surface area (Å²) >= 11 is 0. The minimum Gasteiger partial charge on any atom is -0.274 e. The molecule has 2 aliphatic rings. The molecule has 7 aromatic rings. The zero-order valence-electron chi connectivity index (χ0n) is 18.8. The van der Waals surface area contributed by atoms with Crippen molar-refractivity contribution in [2.75, 3.05) is 0 Å². The van der Waals surface area contributed by atoms with E-state index in [4.69, 9.17) is 9.97 Å². The third-order valence-corrected chi connectivity index (χ3v) is 7.94. The van der Waals surface area contributed by atoms with Crippen LogP contribution in [0.4, 0.5) is 0 Å². The molecule has 0 saturated carbocycles. The zero-order chi connectivity index (χ0) is 22.7. The summed E-state index contributed by atoms with van der Waals surface area (Å²) in [7, 11) is 0. The van der Waals surface area contributed by atoms with Crippen molar-refractivity contribution in [2.45, 2.75) is 12.8 Å². The Kier molecular flexibility index (Phi) is 3.11. The van der Waals surface area contributed by atoms with Gasteiger partial charge in [0.15, 0.2) is 5.65 Å². The Morgan fingerprint density at radius 3 is 2.49 bits per heavy atom. The van der Waals surface area contributed by atoms with E-state index in [1.54, 1.807) is 0 Å². The molecule has 3 aromatic carbocycles. The number of aromatic nitrogens is 4. The van der Waals surface area contributed by atoms with Crippen molar-refractivity contribution in [3.63, 3.8) is 0 Å². The minimum absolute atomic E-state index is 0.876. The SMILES string of the molecule is c1ccc2c(c1)Cc1ccc3c(c1-2)Cc1c-3ccc2c1c1ncccc1n1c3ncccc3nc21. The predicted octanol–water partition coefficient (Wildman–Crippen LogP) is 6.73. The Bertz CT molecular complexity index is 2070. The lowest BCUT2D eigenvalue weighted by Crippen LogP contribution is -1.96. The molecule has 0 fully saturated rings. The van der Waals surface area contributed by atoms with Crippen molar-refractivity contribution in [2.24, 2.45) is 0 Å². The average Bonchev–Trinajstić information content (AvgIpc) is 3.59. The van der Waals surface area contributed by atoms with Crippen LogP contribution in [0, 0.1) is 0 Å². The summed E-state index contributed by atoms with van der Waals surface area (Å²) in [4.78, 5) is 14.6. The quantitative estimate of drug-likeness (QED) is 0.243. The summed E-state index contributed by atoms with van der Waals surface area (Å²) < 4.78 is 2.17. The van der Waals surface area contributed by atoms with Gasteiger partial charge in [-0.3, -0.25) is 9.38 Å². The Labute approximate surface area is 200 Å². The molecule has 4 aromatic heterocycles. The van der Waals surface area contributed by atoms with Gasteiger partial charge >= 0.3 is 0 Å². The lowest BCUT2D eigenvalue weighted by molar-refractivity contribution is 1.23. The van der Waals surface area contributed by atoms with Gasteiger partial charge in [-0.1, -0.05) is 42.5 Å². The van der Waals surface area contributed by atoms with E-state index in [2.05, 4.69) is 64.0 Å². The van der Waals surface area contributed by atoms with Crippen LogP contribution >= 0.6 is 0 Å². The number of pyridine rings is 3. The van der Waals surface area contributed by atoms with Crippen LogP contribution in [0.25, 0.3) is 60.9 Å². The summed E-state index contributed by atoms with van der Waals surface area (Å²) in [5.41, 5.74) is 16.0. The van der Waals surface area contributed by atoms with E-state index in [9.17, 15) is 0 Å². The molecular weight excluding hydrogens is 428 g/mol. The molecule has 2 aliphatic carbocycles. The van der Waals surface area contributed by atoms with Gasteiger partial charge in [0.1, 0.15) is 11.2 Å². The second kappa shape index (κ2) is 6.10. The first-order chi connectivity index (χ1) is 17.4. The molecule has 0 bridgehead atoms. The minimum atomic E-state index is 0.876. The Morgan fingerprint density at radius 1 is 0.629 bits per heavy atom. The lowest BCUT2D eigenvalue weighted by Gasteiger charge is -2.11. The summed E-state index contributed by atoms with van der Waals surface area (Å²) in [5.74, 6) is 0. The van der Waals surface area contributed by atoms with Crippen LogP contribution < -0.4 is 0 Å². The van der Waals surface area contributed by atoms with Crippen molar-refractivity contribution >= 4 is 38.6 Å². The zero-order valence-corrected chi connectivity index (χ0v) is 18.8. The molecule has 0 unspecified atom stereocenters. The topological polar surface area (TPSA) is 43.1 Å². The molecule has 35 heavy (non-hydrogen) atoms. The van der Waals surface area contributed by atoms with Gasteiger partial charge in [0.25, 0.3) is 0 Å². The van der Waals surface area contributed by atoms with Crippen LogP contribution in [0.5, 0.6) is 0 Å². The first kappa shape index (κ1) is 17.8. The number of fused-ring (bicyclic) bond motifs is 16. The van der Waals surface area contributed by atoms with Gasteiger partial charge in [-0.15, -0.1) is 0 Å². The number of hydrogen-bond acceptors (Lipinski definition) is 3. The molecule has 4 heteroatoms. The third kappa shape index (κ3) is 2.11. The van der Waals surface area contributed by atoms with Crippen molar-refractivity contribution in [1.29, 1.82) is 0 Å². The van der Waals surface area contributed by atoms with Gasteiger partial charge in [-0.05, 0) is 87.7 Å². The van der Waals surface area contributed by atoms with Gasteiger partial charge in [0.05, 0.1) is 11.0 Å². The van der Waals surface area contributed by atoms with Crippen molar-refractivity contribution in [1.82, 2.24) is 19.4 Å². The van der Waals surface area contributed by atoms with Gasteiger partial charge < -0.3 is 0 Å². The molecule has 9 rings (SSSR count). The average molecular weight is 447 g/mol. The molecule has 0 radical (unpaired) electrons. The third-order valence-electron chi connectivity index (χ3n) is 7.94. The second-order valence-electron chi connectivity index (χ2n) is 9.64. The van der Waals surface area contributed by atoms with Crippen molar-refractivity contribution in [3.8, 4) is 22.3 Å². The fraction of sp³-hybridized carbons (Fsp3) is 0.0645. The smallest absolute Gasteiger partial charge is 0.165 e. The maximum Gasteiger partial charge on any atom is 0.165 e. The summed E-state index contributed by atoms with van der Waals surface area (Å²) in [6, 6.07) is 26.2. The van der Waals surface area contributed by atoms with Crippen LogP contribution in [0.3, 0.4) is 0 Å². The van der Waals surface area contributed by atoms with Crippen LogP contribution in [0.1, 0.15) is 22.3 Å². The van der Waals surface area contributed by atoms with Gasteiger partial charge in [-0.2, -0.15) is 0 Å². The van der Waals surface area contributed by atoms with Crippen LogP contribution in [-0.2, 0) is 12.8 Å². The Hall–Kier alpha value is -4.57. The monoisotopic (exact) mass is 446 g/mol. The van der Waals surface area contributed by atoms with E-state index in [0.29, 0.717) is 0 Å². The van der Waals surface area contributed by atoms with Gasteiger partial charge in [0.2, 0.25) is 0 Å². The van der Waals surface area contributed by atoms with Crippen molar-refractivity contribution in [3.05, 3.63) is 107 Å². The summed E-state index contributed by atoms with van der Waals surface area (Å²) in [5, 5.41) is 2.36. The molecule has 0 aliphatic heterocycles. The molecule has 0 saturated heterocycles. The van der Waals surface area contributed by atoms with E-state index in [-0.39, 0.29) is 0 Å². The van der Waals surface area contributed by atoms with E-state index >= 15 is 0 Å². The van der Waals surface area contributed by atoms with Crippen LogP contribution in [0.15, 0.2) is 85.2 Å². The molecule has 162 valence electrons. The number of nitrogens with zero attached hydrogens (tertiary/aromatic N) is 4. The molecule has 0 N–H and O–H groups in total. The highest BCUT2D eigenvalue weighted by Crippen LogP contribution is 2.50.